The zero-order valence-corrected chi connectivity index (χ0v) is 19.6. The van der Waals surface area contributed by atoms with Crippen LogP contribution in [0.2, 0.25) is 0 Å². The Morgan fingerprint density at radius 2 is 2.00 bits per heavy atom. The molecule has 8 heteroatoms. The summed E-state index contributed by atoms with van der Waals surface area (Å²) in [6.45, 7) is 2.24. The molecule has 0 bridgehead atoms. The summed E-state index contributed by atoms with van der Waals surface area (Å²) >= 11 is 1.61. The van der Waals surface area contributed by atoms with E-state index in [4.69, 9.17) is 9.47 Å². The third-order valence-electron chi connectivity index (χ3n) is 5.90. The van der Waals surface area contributed by atoms with E-state index in [2.05, 4.69) is 11.1 Å². The number of nitrogens with zero attached hydrogens (tertiary/aromatic N) is 2. The zero-order valence-electron chi connectivity index (χ0n) is 18.8. The van der Waals surface area contributed by atoms with E-state index in [1.165, 1.54) is 6.07 Å². The Kier molecular flexibility index (Phi) is 5.93. The minimum atomic E-state index is -0.950. The highest BCUT2D eigenvalue weighted by Crippen LogP contribution is 2.39. The van der Waals surface area contributed by atoms with Crippen molar-refractivity contribution in [1.29, 1.82) is 5.26 Å². The van der Waals surface area contributed by atoms with Gasteiger partial charge in [-0.15, -0.1) is 11.3 Å². The average molecular weight is 485 g/mol. The molecule has 0 radical (unpaired) electrons. The fraction of sp³-hybridized carbons (Fsp3) is 0.185. The van der Waals surface area contributed by atoms with Gasteiger partial charge in [-0.25, -0.2) is 4.98 Å². The van der Waals surface area contributed by atoms with Crippen LogP contribution in [-0.2, 0) is 11.2 Å². The maximum atomic E-state index is 12.8. The Balaban J connectivity index is 1.33. The first-order valence-electron chi connectivity index (χ1n) is 11.0. The lowest BCUT2D eigenvalue weighted by Gasteiger charge is -2.24. The largest absolute Gasteiger partial charge is 0.493 e. The van der Waals surface area contributed by atoms with Crippen LogP contribution in [-0.4, -0.2) is 28.4 Å². The van der Waals surface area contributed by atoms with E-state index in [-0.39, 0.29) is 30.1 Å². The number of ketones is 1. The van der Waals surface area contributed by atoms with Crippen molar-refractivity contribution in [3.63, 3.8) is 0 Å². The van der Waals surface area contributed by atoms with Gasteiger partial charge in [-0.1, -0.05) is 6.07 Å². The molecule has 1 aliphatic rings. The number of carbonyl (C=O) groups is 2. The van der Waals surface area contributed by atoms with Crippen LogP contribution in [0.25, 0.3) is 10.2 Å². The molecule has 0 saturated carbocycles. The number of nitriles is 1. The van der Waals surface area contributed by atoms with Gasteiger partial charge in [0, 0.05) is 23.6 Å². The van der Waals surface area contributed by atoms with Gasteiger partial charge in [0.15, 0.2) is 5.78 Å². The molecule has 174 valence electrons. The van der Waals surface area contributed by atoms with Crippen molar-refractivity contribution in [2.45, 2.75) is 25.7 Å². The molecule has 2 heterocycles. The molecule has 0 fully saturated rings. The fourth-order valence-electron chi connectivity index (χ4n) is 4.16. The normalized spacial score (nSPS) is 14.6. The third-order valence-corrected chi connectivity index (χ3v) is 6.83. The number of hydrogen-bond acceptors (Lipinski definition) is 7. The standard InChI is InChI=1S/C27H20N2O5S/c1-15-29-22-7-2-16(11-26(22)35-15)10-23(30)17-3-5-19(6-4-17)34-24-13-25-21(12-18(24)14-28)20(27(31)32)8-9-33-25/h2-7,11-13,20H,8-10H2,1H3,(H,31,32). The summed E-state index contributed by atoms with van der Waals surface area (Å²) in [6, 6.07) is 17.7. The lowest BCUT2D eigenvalue weighted by atomic mass is 9.91. The van der Waals surface area contributed by atoms with E-state index >= 15 is 0 Å². The van der Waals surface area contributed by atoms with Crippen molar-refractivity contribution in [2.75, 3.05) is 6.61 Å². The van der Waals surface area contributed by atoms with Gasteiger partial charge in [0.05, 0.1) is 33.3 Å². The van der Waals surface area contributed by atoms with Crippen molar-refractivity contribution < 1.29 is 24.2 Å². The number of aliphatic carboxylic acids is 1. The summed E-state index contributed by atoms with van der Waals surface area (Å²) in [6.07, 6.45) is 0.624. The Morgan fingerprint density at radius 3 is 2.74 bits per heavy atom. The molecule has 1 N–H and O–H groups in total. The number of ether oxygens (including phenoxy) is 2. The van der Waals surface area contributed by atoms with Crippen LogP contribution in [0.3, 0.4) is 0 Å². The number of thiazole rings is 1. The first-order valence-corrected chi connectivity index (χ1v) is 11.8. The van der Waals surface area contributed by atoms with E-state index in [1.54, 1.807) is 41.7 Å². The van der Waals surface area contributed by atoms with Gasteiger partial charge in [-0.2, -0.15) is 5.26 Å². The average Bonchev–Trinajstić information content (AvgIpc) is 3.22. The number of rotatable bonds is 6. The molecule has 1 aliphatic heterocycles. The molecule has 5 rings (SSSR count). The number of aryl methyl sites for hydroxylation is 1. The number of fused-ring (bicyclic) bond motifs is 2. The third kappa shape index (κ3) is 4.59. The molecule has 0 amide bonds. The highest BCUT2D eigenvalue weighted by molar-refractivity contribution is 7.18. The van der Waals surface area contributed by atoms with Gasteiger partial charge in [-0.3, -0.25) is 9.59 Å². The lowest BCUT2D eigenvalue weighted by Crippen LogP contribution is -2.21. The molecule has 7 nitrogen and oxygen atoms in total. The van der Waals surface area contributed by atoms with Gasteiger partial charge in [0.1, 0.15) is 23.3 Å². The monoisotopic (exact) mass is 484 g/mol. The fourth-order valence-corrected chi connectivity index (χ4v) is 5.05. The van der Waals surface area contributed by atoms with Crippen LogP contribution in [0, 0.1) is 18.3 Å². The van der Waals surface area contributed by atoms with Gasteiger partial charge in [0.25, 0.3) is 0 Å². The molecule has 3 aromatic carbocycles. The zero-order chi connectivity index (χ0) is 24.5. The molecule has 1 unspecified atom stereocenters. The van der Waals surface area contributed by atoms with Crippen molar-refractivity contribution in [3.8, 4) is 23.3 Å². The maximum absolute atomic E-state index is 12.8. The van der Waals surface area contributed by atoms with Crippen LogP contribution in [0.15, 0.2) is 54.6 Å². The Hall–Kier alpha value is -4.22. The maximum Gasteiger partial charge on any atom is 0.311 e. The summed E-state index contributed by atoms with van der Waals surface area (Å²) < 4.78 is 12.6. The summed E-state index contributed by atoms with van der Waals surface area (Å²) in [5, 5.41) is 20.0. The second-order valence-corrected chi connectivity index (χ2v) is 9.52. The van der Waals surface area contributed by atoms with E-state index in [0.29, 0.717) is 29.0 Å². The number of hydrogen-bond donors (Lipinski definition) is 1. The van der Waals surface area contributed by atoms with E-state index in [1.807, 2.05) is 25.1 Å². The molecule has 1 atom stereocenters. The Morgan fingerprint density at radius 1 is 1.20 bits per heavy atom. The van der Waals surface area contributed by atoms with E-state index in [9.17, 15) is 20.0 Å². The van der Waals surface area contributed by atoms with Crippen LogP contribution < -0.4 is 9.47 Å². The van der Waals surface area contributed by atoms with Crippen LogP contribution in [0.1, 0.15) is 44.4 Å². The van der Waals surface area contributed by atoms with Crippen LogP contribution in [0.5, 0.6) is 17.2 Å². The number of carboxylic acid groups (broad SMARTS) is 1. The van der Waals surface area contributed by atoms with Crippen LogP contribution in [0.4, 0.5) is 0 Å². The molecule has 35 heavy (non-hydrogen) atoms. The summed E-state index contributed by atoms with van der Waals surface area (Å²) in [4.78, 5) is 28.8. The van der Waals surface area contributed by atoms with Gasteiger partial charge in [-0.05, 0) is 61.4 Å². The summed E-state index contributed by atoms with van der Waals surface area (Å²) in [7, 11) is 0. The topological polar surface area (TPSA) is 110 Å². The predicted molar refractivity (Wildman–Crippen MR) is 131 cm³/mol. The minimum Gasteiger partial charge on any atom is -0.493 e. The minimum absolute atomic E-state index is 0.0169. The SMILES string of the molecule is Cc1nc2ccc(CC(=O)c3ccc(Oc4cc5c(cc4C#N)C(C(=O)O)CCO5)cc3)cc2s1. The highest BCUT2D eigenvalue weighted by Gasteiger charge is 2.29. The number of carbonyl (C=O) groups excluding carboxylic acids is 1. The quantitative estimate of drug-likeness (QED) is 0.352. The number of Topliss-reactive ketones (excluding diaryl/α,β-unsaturated/α-hetero) is 1. The smallest absolute Gasteiger partial charge is 0.311 e. The Labute approximate surface area is 205 Å². The molecule has 0 spiro atoms. The molecule has 0 aliphatic carbocycles. The first kappa shape index (κ1) is 22.6. The second kappa shape index (κ2) is 9.20. The number of carboxylic acids is 1. The van der Waals surface area contributed by atoms with Crippen molar-refractivity contribution >= 4 is 33.3 Å². The van der Waals surface area contributed by atoms with Crippen molar-refractivity contribution in [3.05, 3.63) is 81.9 Å². The molecular formula is C27H20N2O5S. The van der Waals surface area contributed by atoms with Crippen LogP contribution >= 0.6 is 11.3 Å². The van der Waals surface area contributed by atoms with E-state index in [0.717, 1.165) is 20.8 Å². The number of benzene rings is 3. The van der Waals surface area contributed by atoms with Crippen molar-refractivity contribution in [2.24, 2.45) is 0 Å². The molecular weight excluding hydrogens is 464 g/mol. The first-order chi connectivity index (χ1) is 16.9. The summed E-state index contributed by atoms with van der Waals surface area (Å²) in [5.41, 5.74) is 3.11. The molecule has 1 aromatic heterocycles. The van der Waals surface area contributed by atoms with E-state index < -0.39 is 11.9 Å². The highest BCUT2D eigenvalue weighted by atomic mass is 32.1. The van der Waals surface area contributed by atoms with Gasteiger partial charge < -0.3 is 14.6 Å². The lowest BCUT2D eigenvalue weighted by molar-refractivity contribution is -0.139. The second-order valence-electron chi connectivity index (χ2n) is 8.29. The van der Waals surface area contributed by atoms with Gasteiger partial charge in [0.2, 0.25) is 0 Å². The summed E-state index contributed by atoms with van der Waals surface area (Å²) in [5.74, 6) is -0.565. The van der Waals surface area contributed by atoms with Gasteiger partial charge >= 0.3 is 5.97 Å². The molecule has 0 saturated heterocycles. The Bertz CT molecular complexity index is 1500. The predicted octanol–water partition coefficient (Wildman–Crippen LogP) is 5.64. The molecule has 4 aromatic rings. The van der Waals surface area contributed by atoms with Crippen molar-refractivity contribution in [1.82, 2.24) is 4.98 Å². The number of aromatic nitrogens is 1.